The summed E-state index contributed by atoms with van der Waals surface area (Å²) in [5, 5.41) is 0. The van der Waals surface area contributed by atoms with Gasteiger partial charge < -0.3 is 19.6 Å². The van der Waals surface area contributed by atoms with E-state index in [1.807, 2.05) is 0 Å². The van der Waals surface area contributed by atoms with Crippen LogP contribution in [-0.4, -0.2) is 22.6 Å². The highest BCUT2D eigenvalue weighted by Crippen LogP contribution is 2.43. The van der Waals surface area contributed by atoms with Gasteiger partial charge in [-0.3, -0.25) is 0 Å². The molecule has 1 atom stereocenters. The van der Waals surface area contributed by atoms with E-state index < -0.39 is 0 Å². The molecule has 2 heterocycles. The fourth-order valence-corrected chi connectivity index (χ4v) is 7.06. The van der Waals surface area contributed by atoms with E-state index in [0.717, 1.165) is 70.0 Å². The Balaban J connectivity index is 1.39. The van der Waals surface area contributed by atoms with Crippen LogP contribution in [0.15, 0.2) is 194 Å². The Labute approximate surface area is 312 Å². The molecule has 5 aromatic carbocycles. The molecule has 0 fully saturated rings. The summed E-state index contributed by atoms with van der Waals surface area (Å²) in [6, 6.07) is 49.7. The number of benzene rings is 5. The van der Waals surface area contributed by atoms with Crippen molar-refractivity contribution < 1.29 is 0 Å². The molecule has 53 heavy (non-hydrogen) atoms. The van der Waals surface area contributed by atoms with E-state index in [-0.39, 0.29) is 6.04 Å². The normalized spacial score (nSPS) is 15.5. The second-order valence-corrected chi connectivity index (χ2v) is 13.0. The summed E-state index contributed by atoms with van der Waals surface area (Å²) >= 11 is 0. The van der Waals surface area contributed by atoms with E-state index in [9.17, 15) is 0 Å². The van der Waals surface area contributed by atoms with Gasteiger partial charge in [-0.2, -0.15) is 0 Å². The van der Waals surface area contributed by atoms with Crippen LogP contribution in [0.25, 0.3) is 0 Å². The smallest absolute Gasteiger partial charge is 0.139 e. The quantitative estimate of drug-likeness (QED) is 0.155. The van der Waals surface area contributed by atoms with Crippen LogP contribution in [0.1, 0.15) is 19.8 Å². The minimum Gasteiger partial charge on any atom is -0.322 e. The molecule has 8 bridgehead atoms. The third kappa shape index (κ3) is 7.26. The molecule has 0 N–H and O–H groups in total. The molecule has 0 amide bonds. The van der Waals surface area contributed by atoms with E-state index >= 15 is 0 Å². The Hall–Kier alpha value is -6.66. The van der Waals surface area contributed by atoms with Crippen LogP contribution in [-0.2, 0) is 0 Å². The molecule has 1 aliphatic heterocycles. The zero-order valence-corrected chi connectivity index (χ0v) is 29.9. The van der Waals surface area contributed by atoms with E-state index in [1.165, 1.54) is 0 Å². The van der Waals surface area contributed by atoms with Gasteiger partial charge in [0.05, 0.1) is 6.04 Å². The van der Waals surface area contributed by atoms with Crippen molar-refractivity contribution in [2.45, 2.75) is 25.8 Å². The number of aromatic nitrogens is 2. The van der Waals surface area contributed by atoms with Crippen LogP contribution in [0.4, 0.5) is 57.1 Å². The number of hydrogen-bond donors (Lipinski definition) is 0. The van der Waals surface area contributed by atoms with Crippen LogP contribution >= 0.6 is 0 Å². The van der Waals surface area contributed by atoms with Gasteiger partial charge in [0.1, 0.15) is 18.0 Å². The molecule has 1 aliphatic carbocycles. The van der Waals surface area contributed by atoms with E-state index in [4.69, 9.17) is 9.97 Å². The third-order valence-corrected chi connectivity index (χ3v) is 9.50. The Morgan fingerprint density at radius 3 is 1.68 bits per heavy atom. The number of fused-ring (bicyclic) bond motifs is 8. The number of rotatable bonds is 7. The molecule has 2 aliphatic rings. The van der Waals surface area contributed by atoms with Gasteiger partial charge in [-0.05, 0) is 91.7 Å². The summed E-state index contributed by atoms with van der Waals surface area (Å²) in [5.41, 5.74) is 8.42. The van der Waals surface area contributed by atoms with Crippen molar-refractivity contribution in [2.24, 2.45) is 0 Å². The van der Waals surface area contributed by atoms with Crippen LogP contribution in [0.5, 0.6) is 0 Å². The Bertz CT molecular complexity index is 2280. The molecule has 6 aromatic rings. The number of para-hydroxylation sites is 2. The minimum atomic E-state index is 0.0701. The van der Waals surface area contributed by atoms with E-state index in [0.29, 0.717) is 6.54 Å². The van der Waals surface area contributed by atoms with Crippen LogP contribution < -0.4 is 19.6 Å². The predicted octanol–water partition coefficient (Wildman–Crippen LogP) is 12.4. The third-order valence-electron chi connectivity index (χ3n) is 9.50. The summed E-state index contributed by atoms with van der Waals surface area (Å²) in [6.07, 6.45) is 20.9. The maximum absolute atomic E-state index is 4.94. The van der Waals surface area contributed by atoms with Gasteiger partial charge in [0.2, 0.25) is 0 Å². The zero-order chi connectivity index (χ0) is 35.8. The number of allylic oxidation sites excluding steroid dienone is 5. The molecule has 6 nitrogen and oxygen atoms in total. The molecule has 0 spiro atoms. The highest BCUT2D eigenvalue weighted by molar-refractivity contribution is 5.85. The van der Waals surface area contributed by atoms with Crippen LogP contribution in [0, 0.1) is 0 Å². The summed E-state index contributed by atoms with van der Waals surface area (Å²) in [7, 11) is 0. The summed E-state index contributed by atoms with van der Waals surface area (Å²) in [6.45, 7) is 2.78. The zero-order valence-electron chi connectivity index (χ0n) is 29.9. The minimum absolute atomic E-state index is 0.0701. The Kier molecular flexibility index (Phi) is 9.92. The van der Waals surface area contributed by atoms with Gasteiger partial charge in [-0.15, -0.1) is 0 Å². The largest absolute Gasteiger partial charge is 0.322 e. The van der Waals surface area contributed by atoms with Crippen molar-refractivity contribution >= 4 is 57.1 Å². The monoisotopic (exact) mass is 690 g/mol. The lowest BCUT2D eigenvalue weighted by molar-refractivity contribution is 0.772. The Morgan fingerprint density at radius 2 is 1.08 bits per heavy atom. The molecule has 6 heteroatoms. The van der Waals surface area contributed by atoms with Gasteiger partial charge in [-0.25, -0.2) is 9.97 Å². The summed E-state index contributed by atoms with van der Waals surface area (Å²) in [4.78, 5) is 19.1. The highest BCUT2D eigenvalue weighted by atomic mass is 15.3. The fraction of sp³-hybridized carbons (Fsp3) is 0.106. The van der Waals surface area contributed by atoms with Gasteiger partial charge >= 0.3 is 0 Å². The molecule has 260 valence electrons. The molecule has 8 rings (SSSR count). The summed E-state index contributed by atoms with van der Waals surface area (Å²) < 4.78 is 0. The lowest BCUT2D eigenvalue weighted by Crippen LogP contribution is -2.31. The van der Waals surface area contributed by atoms with Crippen LogP contribution in [0.3, 0.4) is 0 Å². The topological polar surface area (TPSA) is 38.7 Å². The first kappa shape index (κ1) is 33.5. The number of nitrogens with zero attached hydrogens (tertiary/aromatic N) is 6. The molecular weight excluding hydrogens is 649 g/mol. The van der Waals surface area contributed by atoms with Crippen molar-refractivity contribution in [2.75, 3.05) is 26.1 Å². The second-order valence-electron chi connectivity index (χ2n) is 13.0. The van der Waals surface area contributed by atoms with Crippen molar-refractivity contribution in [3.8, 4) is 0 Å². The number of hydrogen-bond acceptors (Lipinski definition) is 6. The standard InChI is InChI=1S/C47H42N6/c1-2-3-4-5-15-31-50-40-25-16-26-41(32-40)51(37-19-9-6-10-20-37)42-27-17-28-43(33-42)52(38-21-11-7-12-22-38)44-29-18-30-45(34-44)53(39-23-13-8-14-24-39)47-35-46(50)48-36-49-47/h3-23,25-30,32-36,39H,2,24,31H2,1H3/b4-3-,15-5-. The van der Waals surface area contributed by atoms with Crippen molar-refractivity contribution in [3.05, 3.63) is 194 Å². The molecule has 0 radical (unpaired) electrons. The van der Waals surface area contributed by atoms with Crippen molar-refractivity contribution in [3.63, 3.8) is 0 Å². The van der Waals surface area contributed by atoms with Gasteiger partial charge in [0.25, 0.3) is 0 Å². The lowest BCUT2D eigenvalue weighted by Gasteiger charge is -2.34. The first-order valence-corrected chi connectivity index (χ1v) is 18.3. The van der Waals surface area contributed by atoms with Gasteiger partial charge in [0, 0.05) is 58.1 Å². The SMILES string of the molecule is CC/C=C\C=C/CN1c2cccc(c2)N(c2ccccc2)c2cccc(c2)N(c2ccccc2)c2cccc(c2)N(C2C=CC=CC2)c2cc1ncn2. The maximum Gasteiger partial charge on any atom is 0.139 e. The van der Waals surface area contributed by atoms with E-state index in [1.54, 1.807) is 6.33 Å². The first-order valence-electron chi connectivity index (χ1n) is 18.3. The summed E-state index contributed by atoms with van der Waals surface area (Å²) in [5.74, 6) is 1.65. The van der Waals surface area contributed by atoms with E-state index in [2.05, 4.69) is 215 Å². The average molecular weight is 691 g/mol. The molecule has 1 unspecified atom stereocenters. The maximum atomic E-state index is 4.94. The lowest BCUT2D eigenvalue weighted by atomic mass is 10.1. The number of anilines is 10. The molecule has 0 saturated carbocycles. The van der Waals surface area contributed by atoms with Crippen LogP contribution in [0.2, 0.25) is 0 Å². The first-order chi connectivity index (χ1) is 26.3. The van der Waals surface area contributed by atoms with Crippen molar-refractivity contribution in [1.82, 2.24) is 9.97 Å². The predicted molar refractivity (Wildman–Crippen MR) is 222 cm³/mol. The fourth-order valence-electron chi connectivity index (χ4n) is 7.06. The molecule has 0 saturated heterocycles. The average Bonchev–Trinajstić information content (AvgIpc) is 3.21. The molecular formula is C47H42N6. The Morgan fingerprint density at radius 1 is 0.547 bits per heavy atom. The molecule has 1 aromatic heterocycles. The van der Waals surface area contributed by atoms with Gasteiger partial charge in [-0.1, -0.05) is 110 Å². The highest BCUT2D eigenvalue weighted by Gasteiger charge is 2.25. The van der Waals surface area contributed by atoms with Gasteiger partial charge in [0.15, 0.2) is 0 Å². The van der Waals surface area contributed by atoms with Crippen molar-refractivity contribution in [1.29, 1.82) is 0 Å². The second kappa shape index (κ2) is 15.7.